The van der Waals surface area contributed by atoms with Crippen LogP contribution in [-0.4, -0.2) is 23.5 Å². The normalized spacial score (nSPS) is 12.9. The minimum atomic E-state index is -3.29. The third-order valence-electron chi connectivity index (χ3n) is 5.82. The molecule has 0 unspecified atom stereocenters. The van der Waals surface area contributed by atoms with Crippen LogP contribution in [0.5, 0.6) is 0 Å². The first-order valence-electron chi connectivity index (χ1n) is 10.6. The van der Waals surface area contributed by atoms with Crippen LogP contribution in [0.4, 0.5) is 0 Å². The molecule has 0 aliphatic carbocycles. The lowest BCUT2D eigenvalue weighted by Gasteiger charge is -2.31. The lowest BCUT2D eigenvalue weighted by Crippen LogP contribution is -2.34. The predicted octanol–water partition coefficient (Wildman–Crippen LogP) is 4.38. The van der Waals surface area contributed by atoms with Crippen LogP contribution in [0.3, 0.4) is 0 Å². The monoisotopic (exact) mass is 460 g/mol. The van der Waals surface area contributed by atoms with Gasteiger partial charge in [0, 0.05) is 27.4 Å². The Bertz CT molecular complexity index is 1140. The van der Waals surface area contributed by atoms with Gasteiger partial charge < -0.3 is 14.2 Å². The molecule has 0 amide bonds. The minimum absolute atomic E-state index is 0.110. The Morgan fingerprint density at radius 3 is 1.16 bits per heavy atom. The third kappa shape index (κ3) is 4.30. The van der Waals surface area contributed by atoms with Crippen molar-refractivity contribution in [3.63, 3.8) is 0 Å². The molecular weight excluding hydrogens is 434 g/mol. The van der Waals surface area contributed by atoms with Crippen LogP contribution in [0.2, 0.25) is 0 Å². The van der Waals surface area contributed by atoms with E-state index in [2.05, 4.69) is 0 Å². The highest BCUT2D eigenvalue weighted by Gasteiger charge is 2.41. The number of benzene rings is 4. The average molecular weight is 460 g/mol. The first-order valence-corrected chi connectivity index (χ1v) is 14.3. The quantitative estimate of drug-likeness (QED) is 0.397. The molecule has 162 valence electrons. The lowest BCUT2D eigenvalue weighted by molar-refractivity contribution is 0.296. The highest BCUT2D eigenvalue weighted by Crippen LogP contribution is 2.55. The van der Waals surface area contributed by atoms with E-state index in [0.29, 0.717) is 21.2 Å². The van der Waals surface area contributed by atoms with Crippen molar-refractivity contribution < 1.29 is 14.2 Å². The molecular formula is C27H26O3P2. The minimum Gasteiger partial charge on any atom is -0.396 e. The molecule has 4 rings (SSSR count). The summed E-state index contributed by atoms with van der Waals surface area (Å²) < 4.78 is 29.5. The van der Waals surface area contributed by atoms with Gasteiger partial charge in [0.15, 0.2) is 0 Å². The molecule has 4 aromatic carbocycles. The van der Waals surface area contributed by atoms with Gasteiger partial charge in [-0.3, -0.25) is 0 Å². The van der Waals surface area contributed by atoms with E-state index in [0.717, 1.165) is 0 Å². The van der Waals surface area contributed by atoms with Crippen molar-refractivity contribution in [2.45, 2.75) is 5.66 Å². The van der Waals surface area contributed by atoms with Crippen LogP contribution in [0.15, 0.2) is 121 Å². The first kappa shape index (κ1) is 22.5. The standard InChI is InChI=1S/C27H26O3P2/c28-21-27(32(30,25-17-9-3-10-18-25)26-19-11-4-12-20-26)22-31(29,23-13-5-1-6-14-23)24-15-7-2-8-16-24/h1-20,27-28H,21-22H2/t27-/m1/s1. The van der Waals surface area contributed by atoms with Crippen LogP contribution in [-0.2, 0) is 9.13 Å². The van der Waals surface area contributed by atoms with E-state index >= 15 is 0 Å². The van der Waals surface area contributed by atoms with Gasteiger partial charge in [-0.1, -0.05) is 121 Å². The molecule has 0 radical (unpaired) electrons. The maximum absolute atomic E-state index is 14.8. The van der Waals surface area contributed by atoms with Crippen molar-refractivity contribution >= 4 is 35.5 Å². The van der Waals surface area contributed by atoms with Crippen molar-refractivity contribution in [2.75, 3.05) is 12.8 Å². The summed E-state index contributed by atoms with van der Waals surface area (Å²) in [4.78, 5) is 0. The number of aliphatic hydroxyl groups excluding tert-OH is 1. The smallest absolute Gasteiger partial charge is 0.148 e. The third-order valence-corrected chi connectivity index (χ3v) is 12.8. The van der Waals surface area contributed by atoms with Crippen molar-refractivity contribution in [1.82, 2.24) is 0 Å². The second-order valence-corrected chi connectivity index (χ2v) is 13.7. The number of hydrogen-bond donors (Lipinski definition) is 1. The molecule has 3 nitrogen and oxygen atoms in total. The zero-order valence-corrected chi connectivity index (χ0v) is 19.5. The molecule has 4 aromatic rings. The Balaban J connectivity index is 1.88. The van der Waals surface area contributed by atoms with Gasteiger partial charge in [0.2, 0.25) is 0 Å². The second kappa shape index (κ2) is 9.84. The van der Waals surface area contributed by atoms with E-state index in [9.17, 15) is 14.2 Å². The largest absolute Gasteiger partial charge is 0.396 e. The Morgan fingerprint density at radius 2 is 0.844 bits per heavy atom. The Hall–Kier alpha value is -2.70. The molecule has 32 heavy (non-hydrogen) atoms. The van der Waals surface area contributed by atoms with E-state index in [1.165, 1.54) is 0 Å². The van der Waals surface area contributed by atoms with Gasteiger partial charge in [-0.05, 0) is 0 Å². The topological polar surface area (TPSA) is 54.4 Å². The van der Waals surface area contributed by atoms with Gasteiger partial charge in [0.25, 0.3) is 0 Å². The molecule has 0 aromatic heterocycles. The van der Waals surface area contributed by atoms with E-state index in [-0.39, 0.29) is 12.8 Å². The number of aliphatic hydroxyl groups is 1. The summed E-state index contributed by atoms with van der Waals surface area (Å²) >= 11 is 0. The summed E-state index contributed by atoms with van der Waals surface area (Å²) in [5.74, 6) is 0. The predicted molar refractivity (Wildman–Crippen MR) is 135 cm³/mol. The van der Waals surface area contributed by atoms with Gasteiger partial charge in [0.1, 0.15) is 14.3 Å². The Labute approximate surface area is 189 Å². The van der Waals surface area contributed by atoms with Crippen molar-refractivity contribution in [1.29, 1.82) is 0 Å². The Kier molecular flexibility index (Phi) is 6.92. The molecule has 0 aliphatic heterocycles. The van der Waals surface area contributed by atoms with Crippen LogP contribution in [0, 0.1) is 0 Å². The van der Waals surface area contributed by atoms with Crippen molar-refractivity contribution in [3.05, 3.63) is 121 Å². The fourth-order valence-electron chi connectivity index (χ4n) is 4.15. The summed E-state index contributed by atoms with van der Waals surface area (Å²) in [6, 6.07) is 37.2. The van der Waals surface area contributed by atoms with Crippen molar-refractivity contribution in [3.8, 4) is 0 Å². The molecule has 0 fully saturated rings. The fourth-order valence-corrected chi connectivity index (χ4v) is 11.1. The first-order chi connectivity index (χ1) is 15.6. The molecule has 1 N–H and O–H groups in total. The number of rotatable bonds is 8. The van der Waals surface area contributed by atoms with Gasteiger partial charge in [-0.15, -0.1) is 0 Å². The van der Waals surface area contributed by atoms with E-state index < -0.39 is 19.9 Å². The van der Waals surface area contributed by atoms with Crippen LogP contribution in [0.1, 0.15) is 0 Å². The van der Waals surface area contributed by atoms with Crippen LogP contribution >= 0.6 is 14.3 Å². The van der Waals surface area contributed by atoms with Crippen LogP contribution in [0.25, 0.3) is 0 Å². The highest BCUT2D eigenvalue weighted by atomic mass is 31.2. The van der Waals surface area contributed by atoms with E-state index in [1.54, 1.807) is 0 Å². The van der Waals surface area contributed by atoms with Gasteiger partial charge in [-0.2, -0.15) is 0 Å². The highest BCUT2D eigenvalue weighted by molar-refractivity contribution is 7.82. The Morgan fingerprint density at radius 1 is 0.531 bits per heavy atom. The molecule has 5 heteroatoms. The van der Waals surface area contributed by atoms with Gasteiger partial charge in [-0.25, -0.2) is 0 Å². The van der Waals surface area contributed by atoms with Crippen molar-refractivity contribution in [2.24, 2.45) is 0 Å². The zero-order chi connectivity index (χ0) is 22.4. The van der Waals surface area contributed by atoms with Gasteiger partial charge in [0.05, 0.1) is 12.3 Å². The molecule has 1 atom stereocenters. The number of hydrogen-bond acceptors (Lipinski definition) is 3. The lowest BCUT2D eigenvalue weighted by atomic mass is 10.4. The SMILES string of the molecule is O=P(C[C@@H](CO)P(=O)(c1ccccc1)c1ccccc1)(c1ccccc1)c1ccccc1. The van der Waals surface area contributed by atoms with Gasteiger partial charge >= 0.3 is 0 Å². The van der Waals surface area contributed by atoms with Crippen LogP contribution < -0.4 is 21.2 Å². The average Bonchev–Trinajstić information content (AvgIpc) is 2.88. The summed E-state index contributed by atoms with van der Waals surface area (Å²) in [6.07, 6.45) is 0.110. The maximum Gasteiger partial charge on any atom is 0.148 e. The summed E-state index contributed by atoms with van der Waals surface area (Å²) in [6.45, 7) is -0.329. The summed E-state index contributed by atoms with van der Waals surface area (Å²) in [7, 11) is -6.46. The molecule has 0 heterocycles. The maximum atomic E-state index is 14.8. The summed E-state index contributed by atoms with van der Waals surface area (Å²) in [5, 5.41) is 13.3. The molecule has 0 saturated carbocycles. The molecule has 0 bridgehead atoms. The van der Waals surface area contributed by atoms with E-state index in [1.807, 2.05) is 121 Å². The molecule has 0 aliphatic rings. The summed E-state index contributed by atoms with van der Waals surface area (Å²) in [5.41, 5.74) is -0.696. The van der Waals surface area contributed by atoms with E-state index in [4.69, 9.17) is 0 Å². The fraction of sp³-hybridized carbons (Fsp3) is 0.111. The zero-order valence-electron chi connectivity index (χ0n) is 17.7. The molecule has 0 spiro atoms. The second-order valence-electron chi connectivity index (χ2n) is 7.76. The molecule has 0 saturated heterocycles.